The molecule has 0 aliphatic rings. The Hall–Kier alpha value is -1.58. The van der Waals surface area contributed by atoms with Crippen LogP contribution in [0.15, 0.2) is 24.8 Å². The molecule has 0 unspecified atom stereocenters. The average molecular weight is 473 g/mol. The van der Waals surface area contributed by atoms with Crippen molar-refractivity contribution < 1.29 is 9.13 Å². The number of aryl methyl sites for hydroxylation is 4. The van der Waals surface area contributed by atoms with E-state index in [1.54, 1.807) is 0 Å². The second-order valence-electron chi connectivity index (χ2n) is 10.5. The number of aromatic nitrogens is 4. The average Bonchev–Trinajstić information content (AvgIpc) is 3.37. The molecule has 0 amide bonds. The molecule has 0 bridgehead atoms. The molecule has 194 valence electrons. The zero-order chi connectivity index (χ0) is 24.4. The van der Waals surface area contributed by atoms with Crippen molar-refractivity contribution in [1.82, 2.24) is 9.13 Å². The fourth-order valence-corrected chi connectivity index (χ4v) is 5.17. The molecule has 0 radical (unpaired) electrons. The van der Waals surface area contributed by atoms with Crippen molar-refractivity contribution in [3.05, 3.63) is 24.8 Å². The van der Waals surface area contributed by atoms with Crippen LogP contribution in [0.5, 0.6) is 0 Å². The van der Waals surface area contributed by atoms with Crippen LogP contribution in [0.4, 0.5) is 0 Å². The first-order valence-electron chi connectivity index (χ1n) is 14.8. The lowest BCUT2D eigenvalue weighted by molar-refractivity contribution is -0.690. The van der Waals surface area contributed by atoms with E-state index in [1.807, 2.05) is 0 Å². The summed E-state index contributed by atoms with van der Waals surface area (Å²) in [6, 6.07) is 0. The van der Waals surface area contributed by atoms with Gasteiger partial charge in [0.05, 0.1) is 27.2 Å². The summed E-state index contributed by atoms with van der Waals surface area (Å²) in [5, 5.41) is 0. The van der Waals surface area contributed by atoms with E-state index in [9.17, 15) is 0 Å². The van der Waals surface area contributed by atoms with E-state index < -0.39 is 0 Å². The third kappa shape index (κ3) is 10.4. The summed E-state index contributed by atoms with van der Waals surface area (Å²) in [5.74, 6) is 2.67. The molecule has 0 aromatic carbocycles. The minimum absolute atomic E-state index is 1.12. The maximum Gasteiger partial charge on any atom is 0.373 e. The van der Waals surface area contributed by atoms with Gasteiger partial charge < -0.3 is 0 Å². The van der Waals surface area contributed by atoms with Gasteiger partial charge >= 0.3 is 11.6 Å². The van der Waals surface area contributed by atoms with E-state index in [-0.39, 0.29) is 0 Å². The van der Waals surface area contributed by atoms with Crippen LogP contribution in [0.2, 0.25) is 0 Å². The van der Waals surface area contributed by atoms with Crippen molar-refractivity contribution in [2.24, 2.45) is 14.1 Å². The van der Waals surface area contributed by atoms with Crippen molar-refractivity contribution in [2.75, 3.05) is 0 Å². The van der Waals surface area contributed by atoms with Gasteiger partial charge in [0.15, 0.2) is 0 Å². The number of unbranched alkanes of at least 4 members (excludes halogenated alkanes) is 16. The molecule has 0 spiro atoms. The van der Waals surface area contributed by atoms with Gasteiger partial charge in [-0.05, 0) is 25.7 Å². The first-order chi connectivity index (χ1) is 16.7. The lowest BCUT2D eigenvalue weighted by atomic mass is 10.1. The molecule has 0 atom stereocenters. The standard InChI is InChI=1S/C30H56N4/c1-5-7-9-11-13-15-16-18-20-22-24-34-28-26-32(4)30(34)29-31(3)25-27-33(29)23-21-19-17-14-12-10-8-6-2/h25-28H,5-24H2,1-4H3/q+2. The molecule has 0 fully saturated rings. The quantitative estimate of drug-likeness (QED) is 0.131. The summed E-state index contributed by atoms with van der Waals surface area (Å²) in [6.45, 7) is 6.83. The lowest BCUT2D eigenvalue weighted by Gasteiger charge is -2.05. The molecule has 2 aromatic rings. The zero-order valence-corrected chi connectivity index (χ0v) is 23.2. The van der Waals surface area contributed by atoms with Gasteiger partial charge in [-0.1, -0.05) is 104 Å². The first-order valence-corrected chi connectivity index (χ1v) is 14.8. The smallest absolute Gasteiger partial charge is 0.226 e. The summed E-state index contributed by atoms with van der Waals surface area (Å²) in [6.07, 6.45) is 33.9. The van der Waals surface area contributed by atoms with Crippen LogP contribution in [0.1, 0.15) is 129 Å². The van der Waals surface area contributed by atoms with Gasteiger partial charge in [-0.2, -0.15) is 0 Å². The Morgan fingerprint density at radius 2 is 0.765 bits per heavy atom. The summed E-state index contributed by atoms with van der Waals surface area (Å²) >= 11 is 0. The number of rotatable bonds is 21. The van der Waals surface area contributed by atoms with Gasteiger partial charge in [0, 0.05) is 0 Å². The Balaban J connectivity index is 1.76. The Morgan fingerprint density at radius 1 is 0.471 bits per heavy atom. The van der Waals surface area contributed by atoms with Crippen LogP contribution >= 0.6 is 0 Å². The van der Waals surface area contributed by atoms with Gasteiger partial charge in [-0.3, -0.25) is 0 Å². The normalized spacial score (nSPS) is 11.5. The molecule has 4 heteroatoms. The number of hydrogen-bond donors (Lipinski definition) is 0. The fraction of sp³-hybridized carbons (Fsp3) is 0.800. The van der Waals surface area contributed by atoms with Crippen LogP contribution in [0.3, 0.4) is 0 Å². The lowest BCUT2D eigenvalue weighted by Crippen LogP contribution is -2.38. The van der Waals surface area contributed by atoms with Crippen LogP contribution < -0.4 is 9.13 Å². The topological polar surface area (TPSA) is 17.6 Å². The third-order valence-electron chi connectivity index (χ3n) is 7.36. The molecule has 0 N–H and O–H groups in total. The second kappa shape index (κ2) is 17.8. The minimum Gasteiger partial charge on any atom is -0.226 e. The summed E-state index contributed by atoms with van der Waals surface area (Å²) in [4.78, 5) is 0. The van der Waals surface area contributed by atoms with Gasteiger partial charge in [-0.25, -0.2) is 18.3 Å². The molecule has 4 nitrogen and oxygen atoms in total. The van der Waals surface area contributed by atoms with E-state index in [4.69, 9.17) is 0 Å². The molecular formula is C30H56N4+2. The Kier molecular flexibility index (Phi) is 15.0. The summed E-state index contributed by atoms with van der Waals surface area (Å²) < 4.78 is 9.55. The number of hydrogen-bond acceptors (Lipinski definition) is 0. The molecule has 0 aliphatic carbocycles. The molecule has 0 aliphatic heterocycles. The fourth-order valence-electron chi connectivity index (χ4n) is 5.17. The van der Waals surface area contributed by atoms with Gasteiger partial charge in [0.1, 0.15) is 24.8 Å². The van der Waals surface area contributed by atoms with Gasteiger partial charge in [0.2, 0.25) is 0 Å². The number of imidazole rings is 2. The second-order valence-corrected chi connectivity index (χ2v) is 10.5. The summed E-state index contributed by atoms with van der Waals surface area (Å²) in [7, 11) is 4.38. The predicted octanol–water partition coefficient (Wildman–Crippen LogP) is 7.67. The van der Waals surface area contributed by atoms with Gasteiger partial charge in [-0.15, -0.1) is 0 Å². The molecule has 34 heavy (non-hydrogen) atoms. The maximum absolute atomic E-state index is 2.48. The minimum atomic E-state index is 1.12. The van der Waals surface area contributed by atoms with Crippen molar-refractivity contribution in [2.45, 2.75) is 143 Å². The third-order valence-corrected chi connectivity index (χ3v) is 7.36. The highest BCUT2D eigenvalue weighted by Crippen LogP contribution is 2.17. The molecule has 2 rings (SSSR count). The molecule has 2 aromatic heterocycles. The van der Waals surface area contributed by atoms with Crippen LogP contribution in [0, 0.1) is 0 Å². The van der Waals surface area contributed by atoms with E-state index in [0.29, 0.717) is 0 Å². The number of nitrogens with zero attached hydrogens (tertiary/aromatic N) is 4. The van der Waals surface area contributed by atoms with Crippen molar-refractivity contribution in [1.29, 1.82) is 0 Å². The van der Waals surface area contributed by atoms with E-state index >= 15 is 0 Å². The van der Waals surface area contributed by atoms with E-state index in [2.05, 4.69) is 71.0 Å². The maximum atomic E-state index is 2.48. The van der Waals surface area contributed by atoms with Crippen molar-refractivity contribution in [3.8, 4) is 11.6 Å². The molecule has 2 heterocycles. The van der Waals surface area contributed by atoms with Crippen LogP contribution in [-0.2, 0) is 27.2 Å². The molecule has 0 saturated carbocycles. The van der Waals surface area contributed by atoms with Crippen LogP contribution in [-0.4, -0.2) is 9.13 Å². The largest absolute Gasteiger partial charge is 0.373 e. The Labute approximate surface area is 211 Å². The van der Waals surface area contributed by atoms with Crippen molar-refractivity contribution >= 4 is 0 Å². The van der Waals surface area contributed by atoms with E-state index in [1.165, 1.54) is 127 Å². The highest BCUT2D eigenvalue weighted by atomic mass is 15.2. The highest BCUT2D eigenvalue weighted by Gasteiger charge is 2.29. The Bertz CT molecular complexity index is 758. The Morgan fingerprint density at radius 3 is 1.09 bits per heavy atom. The zero-order valence-electron chi connectivity index (χ0n) is 23.2. The predicted molar refractivity (Wildman–Crippen MR) is 145 cm³/mol. The first kappa shape index (κ1) is 28.7. The van der Waals surface area contributed by atoms with Crippen molar-refractivity contribution in [3.63, 3.8) is 0 Å². The monoisotopic (exact) mass is 472 g/mol. The summed E-state index contributed by atoms with van der Waals surface area (Å²) in [5.41, 5.74) is 0. The highest BCUT2D eigenvalue weighted by molar-refractivity contribution is 5.36. The van der Waals surface area contributed by atoms with E-state index in [0.717, 1.165) is 13.1 Å². The molecular weight excluding hydrogens is 416 g/mol. The SMILES string of the molecule is CCCCCCCCCCCCn1cc[n+](C)c1-c1n(CCCCCCCCCC)cc[n+]1C. The van der Waals surface area contributed by atoms with Crippen LogP contribution in [0.25, 0.3) is 11.6 Å². The van der Waals surface area contributed by atoms with Gasteiger partial charge in [0.25, 0.3) is 0 Å². The molecule has 0 saturated heterocycles.